The standard InChI is InChI=1S/C17H21NO3S/c1-12(21-17(20)13-8-4-3-5-9-13)16(19)18-14-10-6-7-11-15(14)22-2/h3-4,6-7,10-13H,5,8-9H2,1-2H3,(H,18,19). The van der Waals surface area contributed by atoms with Gasteiger partial charge in [0.2, 0.25) is 0 Å². The van der Waals surface area contributed by atoms with Crippen LogP contribution in [0.1, 0.15) is 26.2 Å². The number of esters is 1. The summed E-state index contributed by atoms with van der Waals surface area (Å²) in [5.74, 6) is -0.718. The summed E-state index contributed by atoms with van der Waals surface area (Å²) in [7, 11) is 0. The van der Waals surface area contributed by atoms with Crippen LogP contribution in [0, 0.1) is 5.92 Å². The second kappa shape index (κ2) is 8.03. The molecule has 2 rings (SSSR count). The molecule has 4 nitrogen and oxygen atoms in total. The number of carbonyl (C=O) groups excluding carboxylic acids is 2. The highest BCUT2D eigenvalue weighted by Gasteiger charge is 2.25. The van der Waals surface area contributed by atoms with Crippen molar-refractivity contribution in [2.75, 3.05) is 11.6 Å². The second-order valence-electron chi connectivity index (χ2n) is 5.25. The molecule has 22 heavy (non-hydrogen) atoms. The number of amides is 1. The van der Waals surface area contributed by atoms with E-state index in [4.69, 9.17) is 4.74 Å². The van der Waals surface area contributed by atoms with Gasteiger partial charge in [-0.05, 0) is 44.6 Å². The second-order valence-corrected chi connectivity index (χ2v) is 6.10. The number of hydrogen-bond donors (Lipinski definition) is 1. The molecule has 1 amide bonds. The van der Waals surface area contributed by atoms with E-state index >= 15 is 0 Å². The number of carbonyl (C=O) groups is 2. The zero-order valence-electron chi connectivity index (χ0n) is 12.9. The van der Waals surface area contributed by atoms with Gasteiger partial charge in [0.05, 0.1) is 11.6 Å². The maximum atomic E-state index is 12.2. The van der Waals surface area contributed by atoms with Gasteiger partial charge >= 0.3 is 5.97 Å². The van der Waals surface area contributed by atoms with Crippen molar-refractivity contribution in [3.63, 3.8) is 0 Å². The fraction of sp³-hybridized carbons (Fsp3) is 0.412. The van der Waals surface area contributed by atoms with Crippen molar-refractivity contribution in [1.82, 2.24) is 0 Å². The van der Waals surface area contributed by atoms with Crippen LogP contribution in [-0.2, 0) is 14.3 Å². The average molecular weight is 319 g/mol. The largest absolute Gasteiger partial charge is 0.452 e. The van der Waals surface area contributed by atoms with Crippen LogP contribution in [-0.4, -0.2) is 24.2 Å². The number of anilines is 1. The number of benzene rings is 1. The van der Waals surface area contributed by atoms with E-state index < -0.39 is 6.10 Å². The van der Waals surface area contributed by atoms with Crippen LogP contribution in [0.15, 0.2) is 41.3 Å². The molecule has 1 aliphatic rings. The average Bonchev–Trinajstić information content (AvgIpc) is 2.56. The molecular weight excluding hydrogens is 298 g/mol. The van der Waals surface area contributed by atoms with Gasteiger partial charge in [0, 0.05) is 4.90 Å². The number of allylic oxidation sites excluding steroid dienone is 2. The smallest absolute Gasteiger partial charge is 0.310 e. The van der Waals surface area contributed by atoms with Crippen LogP contribution in [0.2, 0.25) is 0 Å². The molecule has 2 atom stereocenters. The summed E-state index contributed by atoms with van der Waals surface area (Å²) in [5, 5.41) is 2.82. The van der Waals surface area contributed by atoms with Crippen LogP contribution in [0.3, 0.4) is 0 Å². The lowest BCUT2D eigenvalue weighted by Gasteiger charge is -2.20. The summed E-state index contributed by atoms with van der Waals surface area (Å²) >= 11 is 1.56. The summed E-state index contributed by atoms with van der Waals surface area (Å²) in [4.78, 5) is 25.2. The molecule has 1 N–H and O–H groups in total. The lowest BCUT2D eigenvalue weighted by Crippen LogP contribution is -2.32. The predicted molar refractivity (Wildman–Crippen MR) is 88.9 cm³/mol. The van der Waals surface area contributed by atoms with E-state index in [1.807, 2.05) is 36.6 Å². The molecule has 1 aromatic carbocycles. The number of thioether (sulfide) groups is 1. The lowest BCUT2D eigenvalue weighted by atomic mass is 9.95. The molecule has 1 aromatic rings. The molecule has 0 bridgehead atoms. The molecule has 118 valence electrons. The van der Waals surface area contributed by atoms with Gasteiger partial charge in [0.15, 0.2) is 6.10 Å². The first-order chi connectivity index (χ1) is 10.6. The van der Waals surface area contributed by atoms with Gasteiger partial charge in [-0.25, -0.2) is 0 Å². The van der Waals surface area contributed by atoms with Crippen LogP contribution >= 0.6 is 11.8 Å². The Balaban J connectivity index is 1.91. The van der Waals surface area contributed by atoms with E-state index in [1.54, 1.807) is 18.7 Å². The normalized spacial score (nSPS) is 18.5. The number of rotatable bonds is 5. The zero-order valence-corrected chi connectivity index (χ0v) is 13.7. The number of para-hydroxylation sites is 1. The molecule has 0 heterocycles. The summed E-state index contributed by atoms with van der Waals surface area (Å²) in [6, 6.07) is 7.55. The van der Waals surface area contributed by atoms with Gasteiger partial charge in [-0.1, -0.05) is 24.3 Å². The number of ether oxygens (including phenoxy) is 1. The maximum Gasteiger partial charge on any atom is 0.310 e. The maximum absolute atomic E-state index is 12.2. The molecule has 1 aliphatic carbocycles. The van der Waals surface area contributed by atoms with Crippen molar-refractivity contribution in [2.24, 2.45) is 5.92 Å². The van der Waals surface area contributed by atoms with E-state index in [-0.39, 0.29) is 17.8 Å². The fourth-order valence-corrected chi connectivity index (χ4v) is 2.87. The van der Waals surface area contributed by atoms with Gasteiger partial charge in [-0.2, -0.15) is 0 Å². The first-order valence-corrected chi connectivity index (χ1v) is 8.63. The Hall–Kier alpha value is -1.75. The third kappa shape index (κ3) is 4.37. The summed E-state index contributed by atoms with van der Waals surface area (Å²) in [5.41, 5.74) is 0.739. The molecule has 0 fully saturated rings. The van der Waals surface area contributed by atoms with Crippen LogP contribution in [0.4, 0.5) is 5.69 Å². The van der Waals surface area contributed by atoms with E-state index in [0.29, 0.717) is 6.42 Å². The van der Waals surface area contributed by atoms with Crippen molar-refractivity contribution in [3.05, 3.63) is 36.4 Å². The molecule has 5 heteroatoms. The third-order valence-corrected chi connectivity index (χ3v) is 4.43. The predicted octanol–water partition coefficient (Wildman–Crippen LogP) is 3.64. The Morgan fingerprint density at radius 3 is 2.77 bits per heavy atom. The van der Waals surface area contributed by atoms with Crippen molar-refractivity contribution in [1.29, 1.82) is 0 Å². The highest BCUT2D eigenvalue weighted by molar-refractivity contribution is 7.98. The van der Waals surface area contributed by atoms with Gasteiger partial charge < -0.3 is 10.1 Å². The molecule has 0 radical (unpaired) electrons. The minimum absolute atomic E-state index is 0.126. The molecular formula is C17H21NO3S. The van der Waals surface area contributed by atoms with E-state index in [2.05, 4.69) is 11.4 Å². The van der Waals surface area contributed by atoms with Crippen molar-refractivity contribution in [3.8, 4) is 0 Å². The highest BCUT2D eigenvalue weighted by Crippen LogP contribution is 2.25. The quantitative estimate of drug-likeness (QED) is 0.511. The lowest BCUT2D eigenvalue weighted by molar-refractivity contribution is -0.157. The SMILES string of the molecule is CSc1ccccc1NC(=O)C(C)OC(=O)C1CC=CCC1. The zero-order chi connectivity index (χ0) is 15.9. The monoisotopic (exact) mass is 319 g/mol. The molecule has 0 aromatic heterocycles. The molecule has 0 saturated heterocycles. The van der Waals surface area contributed by atoms with Crippen molar-refractivity contribution >= 4 is 29.3 Å². The minimum atomic E-state index is -0.798. The Morgan fingerprint density at radius 1 is 1.32 bits per heavy atom. The van der Waals surface area contributed by atoms with Gasteiger partial charge in [-0.15, -0.1) is 11.8 Å². The topological polar surface area (TPSA) is 55.4 Å². The third-order valence-electron chi connectivity index (χ3n) is 3.63. The first kappa shape index (κ1) is 16.6. The van der Waals surface area contributed by atoms with Crippen molar-refractivity contribution < 1.29 is 14.3 Å². The first-order valence-electron chi connectivity index (χ1n) is 7.41. The summed E-state index contributed by atoms with van der Waals surface area (Å²) in [6.07, 6.45) is 7.59. The van der Waals surface area contributed by atoms with Crippen LogP contribution < -0.4 is 5.32 Å². The Labute approximate surface area is 135 Å². The van der Waals surface area contributed by atoms with E-state index in [1.165, 1.54) is 0 Å². The summed E-state index contributed by atoms with van der Waals surface area (Å²) in [6.45, 7) is 1.60. The Kier molecular flexibility index (Phi) is 6.07. The fourth-order valence-electron chi connectivity index (χ4n) is 2.31. The van der Waals surface area contributed by atoms with Crippen molar-refractivity contribution in [2.45, 2.75) is 37.2 Å². The molecule has 2 unspecified atom stereocenters. The van der Waals surface area contributed by atoms with Crippen LogP contribution in [0.25, 0.3) is 0 Å². The van der Waals surface area contributed by atoms with Gasteiger partial charge in [0.1, 0.15) is 0 Å². The molecule has 0 aliphatic heterocycles. The molecule has 0 spiro atoms. The Bertz CT molecular complexity index is 571. The number of hydrogen-bond acceptors (Lipinski definition) is 4. The molecule has 0 saturated carbocycles. The number of nitrogens with one attached hydrogen (secondary N) is 1. The Morgan fingerprint density at radius 2 is 2.09 bits per heavy atom. The highest BCUT2D eigenvalue weighted by atomic mass is 32.2. The summed E-state index contributed by atoms with van der Waals surface area (Å²) < 4.78 is 5.31. The van der Waals surface area contributed by atoms with E-state index in [9.17, 15) is 9.59 Å². The minimum Gasteiger partial charge on any atom is -0.452 e. The van der Waals surface area contributed by atoms with Crippen LogP contribution in [0.5, 0.6) is 0 Å². The van der Waals surface area contributed by atoms with E-state index in [0.717, 1.165) is 23.4 Å². The van der Waals surface area contributed by atoms with Gasteiger partial charge in [0.25, 0.3) is 5.91 Å². The van der Waals surface area contributed by atoms with Gasteiger partial charge in [-0.3, -0.25) is 9.59 Å².